The van der Waals surface area contributed by atoms with Crippen LogP contribution in [0.2, 0.25) is 0 Å². The van der Waals surface area contributed by atoms with Gasteiger partial charge in [-0.2, -0.15) is 0 Å². The Kier molecular flexibility index (Phi) is 6.55. The lowest BCUT2D eigenvalue weighted by atomic mass is 10.1. The molecular formula is C13H20BrNO2. The average molecular weight is 302 g/mol. The van der Waals surface area contributed by atoms with Crippen LogP contribution < -0.4 is 10.5 Å². The van der Waals surface area contributed by atoms with Gasteiger partial charge in [-0.1, -0.05) is 6.07 Å². The molecule has 0 heterocycles. The van der Waals surface area contributed by atoms with Crippen LogP contribution in [0.1, 0.15) is 19.4 Å². The zero-order valence-electron chi connectivity index (χ0n) is 10.4. The van der Waals surface area contributed by atoms with Crippen LogP contribution in [0.15, 0.2) is 22.7 Å². The normalized spacial score (nSPS) is 12.5. The molecule has 0 fully saturated rings. The van der Waals surface area contributed by atoms with Crippen molar-refractivity contribution in [3.8, 4) is 5.75 Å². The van der Waals surface area contributed by atoms with E-state index in [0.29, 0.717) is 13.2 Å². The highest BCUT2D eigenvalue weighted by atomic mass is 79.9. The average Bonchev–Trinajstić information content (AvgIpc) is 2.26. The van der Waals surface area contributed by atoms with Crippen LogP contribution in [0.25, 0.3) is 0 Å². The number of hydrogen-bond acceptors (Lipinski definition) is 3. The first kappa shape index (κ1) is 14.5. The van der Waals surface area contributed by atoms with E-state index >= 15 is 0 Å². The van der Waals surface area contributed by atoms with E-state index in [2.05, 4.69) is 22.0 Å². The molecule has 0 amide bonds. The van der Waals surface area contributed by atoms with E-state index < -0.39 is 0 Å². The Morgan fingerprint density at radius 3 is 2.71 bits per heavy atom. The smallest absolute Gasteiger partial charge is 0.133 e. The summed E-state index contributed by atoms with van der Waals surface area (Å²) in [5.41, 5.74) is 6.98. The second kappa shape index (κ2) is 7.69. The molecule has 1 unspecified atom stereocenters. The lowest BCUT2D eigenvalue weighted by molar-refractivity contribution is 0.110. The Balaban J connectivity index is 2.51. The topological polar surface area (TPSA) is 44.5 Å². The molecule has 1 rings (SSSR count). The zero-order chi connectivity index (χ0) is 12.7. The molecule has 17 heavy (non-hydrogen) atoms. The quantitative estimate of drug-likeness (QED) is 0.788. The number of rotatable bonds is 7. The van der Waals surface area contributed by atoms with Gasteiger partial charge in [-0.05, 0) is 53.9 Å². The van der Waals surface area contributed by atoms with Crippen molar-refractivity contribution in [1.29, 1.82) is 0 Å². The van der Waals surface area contributed by atoms with Crippen LogP contribution in [0.3, 0.4) is 0 Å². The molecule has 0 aliphatic carbocycles. The van der Waals surface area contributed by atoms with Crippen molar-refractivity contribution in [2.24, 2.45) is 5.73 Å². The maximum absolute atomic E-state index is 5.76. The molecule has 0 aliphatic rings. The largest absolute Gasteiger partial charge is 0.490 e. The molecule has 1 aromatic carbocycles. The van der Waals surface area contributed by atoms with Crippen molar-refractivity contribution in [2.75, 3.05) is 19.8 Å². The van der Waals surface area contributed by atoms with Gasteiger partial charge in [0.1, 0.15) is 12.4 Å². The minimum Gasteiger partial charge on any atom is -0.490 e. The lowest BCUT2D eigenvalue weighted by Gasteiger charge is -2.11. The Morgan fingerprint density at radius 2 is 2.12 bits per heavy atom. The van der Waals surface area contributed by atoms with E-state index in [0.717, 1.165) is 23.2 Å². The third-order valence-corrected chi connectivity index (χ3v) is 2.86. The Labute approximate surface area is 111 Å². The van der Waals surface area contributed by atoms with Crippen LogP contribution in [-0.4, -0.2) is 25.9 Å². The highest BCUT2D eigenvalue weighted by molar-refractivity contribution is 9.10. The second-order valence-corrected chi connectivity index (χ2v) is 4.85. The van der Waals surface area contributed by atoms with Gasteiger partial charge in [0.05, 0.1) is 11.1 Å². The first-order valence-electron chi connectivity index (χ1n) is 5.88. The molecule has 96 valence electrons. The highest BCUT2D eigenvalue weighted by Crippen LogP contribution is 2.26. The van der Waals surface area contributed by atoms with Crippen LogP contribution in [0.5, 0.6) is 5.75 Å². The summed E-state index contributed by atoms with van der Waals surface area (Å²) in [6.45, 7) is 5.88. The Bertz CT molecular complexity index is 342. The number of ether oxygens (including phenoxy) is 2. The van der Waals surface area contributed by atoms with Gasteiger partial charge < -0.3 is 15.2 Å². The standard InChI is InChI=1S/C13H20BrNO2/c1-3-16-6-7-17-13-5-4-11(8-10(2)15)9-12(13)14/h4-5,9-10H,3,6-8,15H2,1-2H3. The first-order chi connectivity index (χ1) is 8.13. The maximum Gasteiger partial charge on any atom is 0.133 e. The van der Waals surface area contributed by atoms with E-state index in [1.165, 1.54) is 5.56 Å². The van der Waals surface area contributed by atoms with Crippen LogP contribution in [0, 0.1) is 0 Å². The molecule has 0 saturated heterocycles. The predicted octanol–water partition coefficient (Wildman–Crippen LogP) is 2.75. The molecule has 1 atom stereocenters. The van der Waals surface area contributed by atoms with Crippen molar-refractivity contribution in [3.63, 3.8) is 0 Å². The molecule has 0 spiro atoms. The molecule has 0 radical (unpaired) electrons. The van der Waals surface area contributed by atoms with Crippen LogP contribution in [-0.2, 0) is 11.2 Å². The summed E-state index contributed by atoms with van der Waals surface area (Å²) < 4.78 is 11.8. The number of benzene rings is 1. The molecule has 0 saturated carbocycles. The van der Waals surface area contributed by atoms with Crippen molar-refractivity contribution < 1.29 is 9.47 Å². The summed E-state index contributed by atoms with van der Waals surface area (Å²) in [5.74, 6) is 0.845. The highest BCUT2D eigenvalue weighted by Gasteiger charge is 2.04. The molecular weight excluding hydrogens is 282 g/mol. The summed E-state index contributed by atoms with van der Waals surface area (Å²) in [4.78, 5) is 0. The second-order valence-electron chi connectivity index (χ2n) is 3.99. The van der Waals surface area contributed by atoms with Crippen molar-refractivity contribution in [2.45, 2.75) is 26.3 Å². The fraction of sp³-hybridized carbons (Fsp3) is 0.538. The van der Waals surface area contributed by atoms with Crippen molar-refractivity contribution in [3.05, 3.63) is 28.2 Å². The van der Waals surface area contributed by atoms with E-state index in [1.807, 2.05) is 26.0 Å². The Hall–Kier alpha value is -0.580. The molecule has 3 nitrogen and oxygen atoms in total. The van der Waals surface area contributed by atoms with Gasteiger partial charge in [0.15, 0.2) is 0 Å². The summed E-state index contributed by atoms with van der Waals surface area (Å²) in [7, 11) is 0. The SMILES string of the molecule is CCOCCOc1ccc(CC(C)N)cc1Br. The minimum atomic E-state index is 0.173. The number of hydrogen-bond donors (Lipinski definition) is 1. The van der Waals surface area contributed by atoms with Gasteiger partial charge in [0.25, 0.3) is 0 Å². The van der Waals surface area contributed by atoms with Gasteiger partial charge in [-0.25, -0.2) is 0 Å². The van der Waals surface area contributed by atoms with E-state index in [9.17, 15) is 0 Å². The molecule has 1 aromatic rings. The van der Waals surface area contributed by atoms with E-state index in [4.69, 9.17) is 15.2 Å². The summed E-state index contributed by atoms with van der Waals surface area (Å²) in [6.07, 6.45) is 0.873. The third-order valence-electron chi connectivity index (χ3n) is 2.24. The molecule has 0 aliphatic heterocycles. The van der Waals surface area contributed by atoms with Gasteiger partial charge in [0, 0.05) is 12.6 Å². The summed E-state index contributed by atoms with van der Waals surface area (Å²) >= 11 is 3.50. The van der Waals surface area contributed by atoms with Crippen LogP contribution >= 0.6 is 15.9 Å². The monoisotopic (exact) mass is 301 g/mol. The molecule has 2 N–H and O–H groups in total. The predicted molar refractivity (Wildman–Crippen MR) is 73.5 cm³/mol. The van der Waals surface area contributed by atoms with E-state index in [1.54, 1.807) is 0 Å². The Morgan fingerprint density at radius 1 is 1.35 bits per heavy atom. The van der Waals surface area contributed by atoms with Gasteiger partial charge in [-0.3, -0.25) is 0 Å². The zero-order valence-corrected chi connectivity index (χ0v) is 12.0. The number of nitrogens with two attached hydrogens (primary N) is 1. The van der Waals surface area contributed by atoms with Crippen LogP contribution in [0.4, 0.5) is 0 Å². The molecule has 0 aromatic heterocycles. The number of halogens is 1. The minimum absolute atomic E-state index is 0.173. The molecule has 4 heteroatoms. The first-order valence-corrected chi connectivity index (χ1v) is 6.67. The lowest BCUT2D eigenvalue weighted by Crippen LogP contribution is -2.17. The van der Waals surface area contributed by atoms with Gasteiger partial charge in [0.2, 0.25) is 0 Å². The fourth-order valence-electron chi connectivity index (χ4n) is 1.52. The van der Waals surface area contributed by atoms with Crippen molar-refractivity contribution in [1.82, 2.24) is 0 Å². The summed E-state index contributed by atoms with van der Waals surface area (Å²) in [5, 5.41) is 0. The van der Waals surface area contributed by atoms with Crippen molar-refractivity contribution >= 4 is 15.9 Å². The maximum atomic E-state index is 5.76. The molecule has 0 bridgehead atoms. The summed E-state index contributed by atoms with van der Waals surface area (Å²) in [6, 6.07) is 6.24. The third kappa shape index (κ3) is 5.52. The van der Waals surface area contributed by atoms with E-state index in [-0.39, 0.29) is 6.04 Å². The van der Waals surface area contributed by atoms with Gasteiger partial charge >= 0.3 is 0 Å². The fourth-order valence-corrected chi connectivity index (χ4v) is 2.06. The van der Waals surface area contributed by atoms with Gasteiger partial charge in [-0.15, -0.1) is 0 Å².